The molecule has 0 N–H and O–H groups in total. The van der Waals surface area contributed by atoms with E-state index in [4.69, 9.17) is 26.1 Å². The van der Waals surface area contributed by atoms with Gasteiger partial charge in [0.25, 0.3) is 0 Å². The molecule has 0 bridgehead atoms. The van der Waals surface area contributed by atoms with Gasteiger partial charge < -0.3 is 9.47 Å². The van der Waals surface area contributed by atoms with Gasteiger partial charge >= 0.3 is 0 Å². The van der Waals surface area contributed by atoms with Gasteiger partial charge in [0.15, 0.2) is 27.1 Å². The Morgan fingerprint density at radius 3 is 2.19 bits per heavy atom. The minimum absolute atomic E-state index is 0.0624. The number of fused-ring (bicyclic) bond motifs is 1. The lowest BCUT2D eigenvalue weighted by Crippen LogP contribution is -2.34. The van der Waals surface area contributed by atoms with Crippen LogP contribution in [0.3, 0.4) is 0 Å². The van der Waals surface area contributed by atoms with E-state index < -0.39 is 20.1 Å². The quantitative estimate of drug-likeness (QED) is 0.145. The van der Waals surface area contributed by atoms with Crippen LogP contribution in [0.4, 0.5) is 0 Å². The van der Waals surface area contributed by atoms with E-state index in [1.807, 2.05) is 25.3 Å². The van der Waals surface area contributed by atoms with Crippen molar-refractivity contribution in [2.75, 3.05) is 12.9 Å². The zero-order valence-corrected chi connectivity index (χ0v) is 28.4. The van der Waals surface area contributed by atoms with Gasteiger partial charge in [-0.2, -0.15) is 10.2 Å². The highest BCUT2D eigenvalue weighted by Gasteiger charge is 2.39. The van der Waals surface area contributed by atoms with Gasteiger partial charge in [-0.25, -0.2) is 13.4 Å². The van der Waals surface area contributed by atoms with Crippen molar-refractivity contribution in [3.63, 3.8) is 0 Å². The molecule has 0 amide bonds. The molecule has 0 aliphatic carbocycles. The van der Waals surface area contributed by atoms with E-state index in [1.165, 1.54) is 12.1 Å². The molecule has 4 aromatic rings. The predicted octanol–water partition coefficient (Wildman–Crippen LogP) is 8.09. The highest BCUT2D eigenvalue weighted by atomic mass is 35.5. The summed E-state index contributed by atoms with van der Waals surface area (Å²) in [6.45, 7) is 15.8. The van der Waals surface area contributed by atoms with E-state index in [0.29, 0.717) is 50.5 Å². The Balaban J connectivity index is 1.79. The Labute approximate surface area is 261 Å². The number of pyridine rings is 1. The molecule has 0 radical (unpaired) electrons. The third kappa shape index (κ3) is 6.17. The smallest absolute Gasteiger partial charge is 0.199 e. The lowest BCUT2D eigenvalue weighted by molar-refractivity contribution is 0.103. The van der Waals surface area contributed by atoms with E-state index in [2.05, 4.69) is 45.5 Å². The Bertz CT molecular complexity index is 1720. The molecule has 0 unspecified atom stereocenters. The SMILES string of the molecule is CCOc1c(OCc2ccc(S(C)(=O)=O)cc2Cl)cccc1C(=O)c1cn(S(C(C)C)(C(C)C)C(C)C)c2ncccc12. The molecular weight excluding hydrogens is 604 g/mol. The van der Waals surface area contributed by atoms with Gasteiger partial charge in [0, 0.05) is 50.4 Å². The Hall–Kier alpha value is -3.01. The molecule has 2 aromatic heterocycles. The number of ketones is 1. The van der Waals surface area contributed by atoms with Crippen LogP contribution in [0.15, 0.2) is 65.8 Å². The molecule has 7 nitrogen and oxygen atoms in total. The number of para-hydroxylation sites is 1. The first-order chi connectivity index (χ1) is 20.2. The lowest BCUT2D eigenvalue weighted by Gasteiger charge is -2.52. The van der Waals surface area contributed by atoms with Crippen molar-refractivity contribution in [3.05, 3.63) is 82.6 Å². The van der Waals surface area contributed by atoms with Crippen molar-refractivity contribution in [3.8, 4) is 11.5 Å². The van der Waals surface area contributed by atoms with Crippen LogP contribution in [-0.4, -0.2) is 51.8 Å². The first-order valence-corrected chi connectivity index (χ1v) is 18.5. The monoisotopic (exact) mass is 644 g/mol. The van der Waals surface area contributed by atoms with E-state index in [-0.39, 0.29) is 22.3 Å². The first kappa shape index (κ1) is 32.9. The standard InChI is InChI=1S/C33H41ClN2O5S2/c1-9-40-32-27(12-10-14-30(32)41-20-24-15-16-25(18-29(24)34)42(8,38)39)31(37)28-19-36(33-26(28)13-11-17-35-33)43(21(2)3,22(4)5)23(6)7/h10-19,21-23H,9,20H2,1-8H3. The highest BCUT2D eigenvalue weighted by Crippen LogP contribution is 2.62. The molecule has 10 heteroatoms. The fraction of sp³-hybridized carbons (Fsp3) is 0.394. The molecule has 0 saturated carbocycles. The number of halogens is 1. The maximum absolute atomic E-state index is 14.4. The largest absolute Gasteiger partial charge is 0.489 e. The van der Waals surface area contributed by atoms with E-state index in [9.17, 15) is 13.2 Å². The lowest BCUT2D eigenvalue weighted by atomic mass is 10.0. The molecule has 0 fully saturated rings. The van der Waals surface area contributed by atoms with Gasteiger partial charge in [-0.3, -0.25) is 8.77 Å². The summed E-state index contributed by atoms with van der Waals surface area (Å²) in [7, 11) is -4.83. The Morgan fingerprint density at radius 1 is 0.930 bits per heavy atom. The van der Waals surface area contributed by atoms with Gasteiger partial charge in [-0.1, -0.05) is 65.3 Å². The van der Waals surface area contributed by atoms with Gasteiger partial charge in [-0.05, 0) is 43.3 Å². The summed E-state index contributed by atoms with van der Waals surface area (Å²) in [6.07, 6.45) is 4.92. The fourth-order valence-corrected chi connectivity index (χ4v) is 12.4. The predicted molar refractivity (Wildman–Crippen MR) is 178 cm³/mol. The van der Waals surface area contributed by atoms with Crippen LogP contribution in [0.1, 0.15) is 70.0 Å². The van der Waals surface area contributed by atoms with Gasteiger partial charge in [-0.15, -0.1) is 0 Å². The number of ether oxygens (including phenoxy) is 2. The van der Waals surface area contributed by atoms with Crippen LogP contribution < -0.4 is 9.47 Å². The van der Waals surface area contributed by atoms with Crippen molar-refractivity contribution in [1.82, 2.24) is 8.96 Å². The number of sulfone groups is 1. The van der Waals surface area contributed by atoms with Gasteiger partial charge in [0.1, 0.15) is 12.3 Å². The molecule has 0 saturated heterocycles. The number of nitrogens with zero attached hydrogens (tertiary/aromatic N) is 2. The molecule has 0 atom stereocenters. The summed E-state index contributed by atoms with van der Waals surface area (Å²) in [6, 6.07) is 13.6. The number of rotatable bonds is 12. The number of hydrogen-bond acceptors (Lipinski definition) is 6. The molecule has 232 valence electrons. The average molecular weight is 645 g/mol. The van der Waals surface area contributed by atoms with Crippen molar-refractivity contribution in [2.45, 2.75) is 75.7 Å². The second-order valence-electron chi connectivity index (χ2n) is 11.3. The third-order valence-electron chi connectivity index (χ3n) is 7.73. The maximum atomic E-state index is 14.4. The maximum Gasteiger partial charge on any atom is 0.199 e. The van der Waals surface area contributed by atoms with Crippen molar-refractivity contribution in [1.29, 1.82) is 0 Å². The number of carbonyl (C=O) groups excluding carboxylic acids is 1. The molecule has 43 heavy (non-hydrogen) atoms. The Kier molecular flexibility index (Phi) is 9.89. The van der Waals surface area contributed by atoms with E-state index >= 15 is 0 Å². The summed E-state index contributed by atoms with van der Waals surface area (Å²) in [5.41, 5.74) is 2.38. The molecule has 0 aliphatic heterocycles. The number of hydrogen-bond donors (Lipinski definition) is 0. The number of aromatic nitrogens is 2. The van der Waals surface area contributed by atoms with Gasteiger partial charge in [0.2, 0.25) is 0 Å². The topological polar surface area (TPSA) is 87.5 Å². The summed E-state index contributed by atoms with van der Waals surface area (Å²) in [5.74, 6) is 0.564. The second kappa shape index (κ2) is 12.9. The first-order valence-electron chi connectivity index (χ1n) is 14.4. The van der Waals surface area contributed by atoms with Crippen LogP contribution in [-0.2, 0) is 16.4 Å². The van der Waals surface area contributed by atoms with Crippen LogP contribution in [0, 0.1) is 0 Å². The summed E-state index contributed by atoms with van der Waals surface area (Å²) in [4.78, 5) is 19.3. The normalized spacial score (nSPS) is 12.8. The number of carbonyl (C=O) groups is 1. The molecule has 0 aliphatic rings. The minimum Gasteiger partial charge on any atom is -0.489 e. The molecule has 0 spiro atoms. The zero-order chi connectivity index (χ0) is 31.7. The van der Waals surface area contributed by atoms with E-state index in [1.54, 1.807) is 30.5 Å². The van der Waals surface area contributed by atoms with Crippen LogP contribution >= 0.6 is 21.8 Å². The average Bonchev–Trinajstić information content (AvgIpc) is 3.31. The zero-order valence-electron chi connectivity index (χ0n) is 26.0. The fourth-order valence-electron chi connectivity index (χ4n) is 6.04. The molecule has 4 rings (SSSR count). The number of benzene rings is 2. The summed E-state index contributed by atoms with van der Waals surface area (Å²) in [5, 5.41) is 2.17. The van der Waals surface area contributed by atoms with E-state index in [0.717, 1.165) is 17.3 Å². The third-order valence-corrected chi connectivity index (χ3v) is 14.7. The van der Waals surface area contributed by atoms with Crippen molar-refractivity contribution < 1.29 is 22.7 Å². The van der Waals surface area contributed by atoms with Crippen LogP contribution in [0.5, 0.6) is 11.5 Å². The summed E-state index contributed by atoms with van der Waals surface area (Å²) < 4.78 is 38.3. The minimum atomic E-state index is -3.39. The van der Waals surface area contributed by atoms with Crippen molar-refractivity contribution in [2.24, 2.45) is 0 Å². The van der Waals surface area contributed by atoms with Crippen LogP contribution in [0.25, 0.3) is 11.0 Å². The van der Waals surface area contributed by atoms with Crippen LogP contribution in [0.2, 0.25) is 5.02 Å². The molecule has 2 heterocycles. The Morgan fingerprint density at radius 2 is 1.60 bits per heavy atom. The van der Waals surface area contributed by atoms with Crippen molar-refractivity contribution >= 4 is 48.5 Å². The van der Waals surface area contributed by atoms with Gasteiger partial charge in [0.05, 0.1) is 22.6 Å². The highest BCUT2D eigenvalue weighted by molar-refractivity contribution is 8.33. The molecular formula is C33H41ClN2O5S2. The summed E-state index contributed by atoms with van der Waals surface area (Å²) >= 11 is 6.39. The molecule has 2 aromatic carbocycles. The second-order valence-corrected chi connectivity index (χ2v) is 18.4.